The van der Waals surface area contributed by atoms with E-state index in [1.807, 2.05) is 37.3 Å². The summed E-state index contributed by atoms with van der Waals surface area (Å²) in [6.07, 6.45) is 12.1. The van der Waals surface area contributed by atoms with Crippen LogP contribution in [0.3, 0.4) is 0 Å². The molecule has 0 unspecified atom stereocenters. The number of benzene rings is 4. The molecule has 0 saturated heterocycles. The number of aryl methyl sites for hydroxylation is 1. The Morgan fingerprint density at radius 3 is 1.40 bits per heavy atom. The molecule has 0 spiro atoms. The van der Waals surface area contributed by atoms with Gasteiger partial charge in [0.1, 0.15) is 17.2 Å². The van der Waals surface area contributed by atoms with E-state index in [1.165, 1.54) is 60.7 Å². The summed E-state index contributed by atoms with van der Waals surface area (Å²) in [5.74, 6) is 0.712. The molecule has 4 rings (SSSR count). The molecule has 47 heavy (non-hydrogen) atoms. The second-order valence-corrected chi connectivity index (χ2v) is 9.99. The maximum Gasteiger partial charge on any atom is 0.178 e. The highest BCUT2D eigenvalue weighted by Gasteiger charge is 2.04. The van der Waals surface area contributed by atoms with Crippen LogP contribution in [0.1, 0.15) is 27.8 Å². The predicted molar refractivity (Wildman–Crippen MR) is 183 cm³/mol. The zero-order valence-corrected chi connectivity index (χ0v) is 26.4. The van der Waals surface area contributed by atoms with Crippen molar-refractivity contribution in [3.8, 4) is 40.2 Å². The molecule has 9 heteroatoms. The standard InChI is InChI=1S/C21H22O4.C17H14O5/c1-15-5-11-20(24-3)16(13-15)6-8-18(22)9-7-17-14-19(23-2)10-12-21(17)25-4;18-13(5-1-11-3-7-14(19)16(21)9-11)6-2-12-4-8-15(20)17(22)10-12/h5-14H,1-4H3;1-10,19-22H/b8-6+,9-7+;5-1+,6-2+. The van der Waals surface area contributed by atoms with Crippen molar-refractivity contribution in [3.05, 3.63) is 125 Å². The lowest BCUT2D eigenvalue weighted by molar-refractivity contribution is -0.111. The average molecular weight is 637 g/mol. The molecule has 0 heterocycles. The van der Waals surface area contributed by atoms with Gasteiger partial charge in [-0.1, -0.05) is 35.9 Å². The average Bonchev–Trinajstić information content (AvgIpc) is 3.07. The summed E-state index contributed by atoms with van der Waals surface area (Å²) in [6.45, 7) is 1.99. The lowest BCUT2D eigenvalue weighted by atomic mass is 10.1. The highest BCUT2D eigenvalue weighted by molar-refractivity contribution is 6.05. The molecule has 0 bridgehead atoms. The Kier molecular flexibility index (Phi) is 13.0. The van der Waals surface area contributed by atoms with Crippen molar-refractivity contribution in [2.24, 2.45) is 0 Å². The number of aromatic hydroxyl groups is 4. The predicted octanol–water partition coefficient (Wildman–Crippen LogP) is 7.12. The third kappa shape index (κ3) is 11.0. The molecule has 242 valence electrons. The molecule has 9 nitrogen and oxygen atoms in total. The lowest BCUT2D eigenvalue weighted by Crippen LogP contribution is -1.91. The Labute approximate surface area is 273 Å². The topological polar surface area (TPSA) is 143 Å². The summed E-state index contributed by atoms with van der Waals surface area (Å²) < 4.78 is 15.8. The second-order valence-electron chi connectivity index (χ2n) is 9.99. The quantitative estimate of drug-likeness (QED) is 0.0999. The van der Waals surface area contributed by atoms with Crippen LogP contribution in [-0.4, -0.2) is 53.3 Å². The van der Waals surface area contributed by atoms with E-state index in [4.69, 9.17) is 14.2 Å². The van der Waals surface area contributed by atoms with E-state index in [1.54, 1.807) is 51.7 Å². The van der Waals surface area contributed by atoms with Crippen LogP contribution in [-0.2, 0) is 9.59 Å². The van der Waals surface area contributed by atoms with Crippen molar-refractivity contribution in [1.82, 2.24) is 0 Å². The second kappa shape index (κ2) is 17.3. The van der Waals surface area contributed by atoms with Gasteiger partial charge < -0.3 is 34.6 Å². The molecule has 0 radical (unpaired) electrons. The first-order chi connectivity index (χ1) is 22.5. The fourth-order valence-electron chi connectivity index (χ4n) is 4.05. The van der Waals surface area contributed by atoms with E-state index in [-0.39, 0.29) is 34.6 Å². The molecule has 4 aromatic rings. The Morgan fingerprint density at radius 1 is 0.511 bits per heavy atom. The fraction of sp³-hybridized carbons (Fsp3) is 0.105. The maximum atomic E-state index is 12.1. The number of ketones is 2. The van der Waals surface area contributed by atoms with Crippen molar-refractivity contribution in [2.45, 2.75) is 6.92 Å². The summed E-state index contributed by atoms with van der Waals surface area (Å²) >= 11 is 0. The molecule has 4 aromatic carbocycles. The molecule has 0 aliphatic rings. The first-order valence-corrected chi connectivity index (χ1v) is 14.2. The van der Waals surface area contributed by atoms with Crippen LogP contribution in [0.4, 0.5) is 0 Å². The van der Waals surface area contributed by atoms with Gasteiger partial charge in [0.15, 0.2) is 34.6 Å². The highest BCUT2D eigenvalue weighted by atomic mass is 16.5. The Hall–Kier alpha value is -6.22. The van der Waals surface area contributed by atoms with Gasteiger partial charge in [-0.3, -0.25) is 9.59 Å². The normalized spacial score (nSPS) is 11.1. The number of rotatable bonds is 11. The Bertz CT molecular complexity index is 1770. The van der Waals surface area contributed by atoms with Crippen LogP contribution < -0.4 is 14.2 Å². The lowest BCUT2D eigenvalue weighted by Gasteiger charge is -2.07. The minimum absolute atomic E-state index is 0.131. The molecule has 0 aliphatic heterocycles. The molecular weight excluding hydrogens is 600 g/mol. The van der Waals surface area contributed by atoms with Gasteiger partial charge in [0.05, 0.1) is 21.3 Å². The summed E-state index contributed by atoms with van der Waals surface area (Å²) in [6, 6.07) is 19.7. The van der Waals surface area contributed by atoms with Crippen LogP contribution >= 0.6 is 0 Å². The van der Waals surface area contributed by atoms with Crippen LogP contribution in [0.5, 0.6) is 40.2 Å². The van der Waals surface area contributed by atoms with Crippen LogP contribution in [0.15, 0.2) is 97.1 Å². The van der Waals surface area contributed by atoms with Gasteiger partial charge in [0.25, 0.3) is 0 Å². The van der Waals surface area contributed by atoms with Crippen molar-refractivity contribution in [2.75, 3.05) is 21.3 Å². The van der Waals surface area contributed by atoms with E-state index in [0.29, 0.717) is 22.6 Å². The minimum Gasteiger partial charge on any atom is -0.504 e. The summed E-state index contributed by atoms with van der Waals surface area (Å²) in [5.41, 5.74) is 3.88. The van der Waals surface area contributed by atoms with E-state index in [9.17, 15) is 30.0 Å². The van der Waals surface area contributed by atoms with Crippen LogP contribution in [0.25, 0.3) is 24.3 Å². The Morgan fingerprint density at radius 2 is 0.957 bits per heavy atom. The van der Waals surface area contributed by atoms with E-state index < -0.39 is 0 Å². The maximum absolute atomic E-state index is 12.1. The largest absolute Gasteiger partial charge is 0.504 e. The SMILES string of the molecule is COc1ccc(OC)c(/C=C/C(=O)/C=C/c2cc(C)ccc2OC)c1.O=C(/C=C/c1ccc(O)c(O)c1)/C=C/c1ccc(O)c(O)c1. The first kappa shape index (κ1) is 35.3. The number of phenols is 4. The minimum atomic E-state index is -0.292. The van der Waals surface area contributed by atoms with Gasteiger partial charge >= 0.3 is 0 Å². The molecule has 0 saturated carbocycles. The van der Waals surface area contributed by atoms with Gasteiger partial charge in [-0.05, 0) is 109 Å². The third-order valence-electron chi connectivity index (χ3n) is 6.56. The van der Waals surface area contributed by atoms with E-state index in [2.05, 4.69) is 0 Å². The van der Waals surface area contributed by atoms with Crippen molar-refractivity contribution in [1.29, 1.82) is 0 Å². The van der Waals surface area contributed by atoms with Gasteiger partial charge in [-0.25, -0.2) is 0 Å². The number of carbonyl (C=O) groups is 2. The molecule has 0 aliphatic carbocycles. The number of carbonyl (C=O) groups excluding carboxylic acids is 2. The van der Waals surface area contributed by atoms with Crippen molar-refractivity contribution >= 4 is 35.9 Å². The smallest absolute Gasteiger partial charge is 0.178 e. The van der Waals surface area contributed by atoms with Gasteiger partial charge in [-0.15, -0.1) is 0 Å². The molecule has 0 amide bonds. The number of phenolic OH excluding ortho intramolecular Hbond substituents is 4. The van der Waals surface area contributed by atoms with Crippen molar-refractivity contribution < 1.29 is 44.2 Å². The van der Waals surface area contributed by atoms with Crippen LogP contribution in [0, 0.1) is 6.92 Å². The number of hydrogen-bond acceptors (Lipinski definition) is 9. The summed E-state index contributed by atoms with van der Waals surface area (Å²) in [5, 5.41) is 37.0. The number of methoxy groups -OCH3 is 3. The van der Waals surface area contributed by atoms with Crippen molar-refractivity contribution in [3.63, 3.8) is 0 Å². The molecule has 0 atom stereocenters. The summed E-state index contributed by atoms with van der Waals surface area (Å²) in [4.78, 5) is 23.8. The van der Waals surface area contributed by atoms with Crippen LogP contribution in [0.2, 0.25) is 0 Å². The molecule has 0 aromatic heterocycles. The number of hydrogen-bond donors (Lipinski definition) is 4. The van der Waals surface area contributed by atoms with E-state index >= 15 is 0 Å². The molecule has 4 N–H and O–H groups in total. The van der Waals surface area contributed by atoms with Gasteiger partial charge in [0, 0.05) is 11.1 Å². The highest BCUT2D eigenvalue weighted by Crippen LogP contribution is 2.27. The van der Waals surface area contributed by atoms with E-state index in [0.717, 1.165) is 22.4 Å². The zero-order valence-electron chi connectivity index (χ0n) is 26.4. The fourth-order valence-corrected chi connectivity index (χ4v) is 4.05. The Balaban J connectivity index is 0.000000257. The van der Waals surface area contributed by atoms with Gasteiger partial charge in [-0.2, -0.15) is 0 Å². The third-order valence-corrected chi connectivity index (χ3v) is 6.56. The first-order valence-electron chi connectivity index (χ1n) is 14.2. The monoisotopic (exact) mass is 636 g/mol. The zero-order chi connectivity index (χ0) is 34.3. The number of allylic oxidation sites excluding steroid dienone is 4. The molecule has 0 fully saturated rings. The number of ether oxygens (including phenoxy) is 3. The van der Waals surface area contributed by atoms with Gasteiger partial charge in [0.2, 0.25) is 0 Å². The summed E-state index contributed by atoms with van der Waals surface area (Å²) in [7, 11) is 4.79. The molecular formula is C38H36O9.